The molecule has 1 aromatic rings. The van der Waals surface area contributed by atoms with E-state index in [9.17, 15) is 29.6 Å². The number of esters is 1. The molecular formula is C18H19N3O7. The number of carbonyl (C=O) groups is 3. The van der Waals surface area contributed by atoms with Crippen LogP contribution in [0.25, 0.3) is 0 Å². The van der Waals surface area contributed by atoms with E-state index in [0.717, 1.165) is 0 Å². The molecule has 4 atom stereocenters. The predicted octanol–water partition coefficient (Wildman–Crippen LogP) is 0.628. The van der Waals surface area contributed by atoms with Crippen molar-refractivity contribution in [1.29, 1.82) is 0 Å². The summed E-state index contributed by atoms with van der Waals surface area (Å²) in [5, 5.41) is 25.5. The fourth-order valence-electron chi connectivity index (χ4n) is 3.25. The van der Waals surface area contributed by atoms with Crippen molar-refractivity contribution in [2.75, 3.05) is 6.54 Å². The van der Waals surface area contributed by atoms with Crippen molar-refractivity contribution in [3.05, 3.63) is 52.6 Å². The molecule has 3 N–H and O–H groups in total. The Labute approximate surface area is 159 Å². The molecule has 1 aromatic carbocycles. The summed E-state index contributed by atoms with van der Waals surface area (Å²) in [4.78, 5) is 46.1. The highest BCUT2D eigenvalue weighted by molar-refractivity contribution is 5.93. The number of benzene rings is 1. The first-order valence-electron chi connectivity index (χ1n) is 8.63. The summed E-state index contributed by atoms with van der Waals surface area (Å²) in [7, 11) is 0. The number of nitrogens with zero attached hydrogens (tertiary/aromatic N) is 1. The van der Waals surface area contributed by atoms with Crippen molar-refractivity contribution in [2.24, 2.45) is 5.92 Å². The summed E-state index contributed by atoms with van der Waals surface area (Å²) in [5.74, 6) is -2.55. The normalized spacial score (nSPS) is 28.2. The topological polar surface area (TPSA) is 148 Å². The number of carbonyl (C=O) groups excluding carboxylic acids is 2. The van der Waals surface area contributed by atoms with Gasteiger partial charge in [0.2, 0.25) is 5.91 Å². The summed E-state index contributed by atoms with van der Waals surface area (Å²) in [6.07, 6.45) is 1.42. The van der Waals surface area contributed by atoms with Crippen molar-refractivity contribution < 1.29 is 29.2 Å². The van der Waals surface area contributed by atoms with Crippen molar-refractivity contribution in [1.82, 2.24) is 10.6 Å². The molecule has 0 aromatic heterocycles. The minimum absolute atomic E-state index is 0.138. The van der Waals surface area contributed by atoms with Crippen LogP contribution in [0.4, 0.5) is 5.69 Å². The lowest BCUT2D eigenvalue weighted by Gasteiger charge is -2.17. The minimum atomic E-state index is -1.31. The van der Waals surface area contributed by atoms with E-state index in [0.29, 0.717) is 6.42 Å². The molecule has 1 amide bonds. The average molecular weight is 389 g/mol. The third kappa shape index (κ3) is 3.72. The van der Waals surface area contributed by atoms with Gasteiger partial charge in [0.05, 0.1) is 16.5 Å². The number of nitrogens with one attached hydrogen (secondary N) is 2. The number of aliphatic carboxylic acids is 1. The second kappa shape index (κ2) is 7.39. The molecule has 1 aliphatic carbocycles. The number of ether oxygens (including phenoxy) is 1. The van der Waals surface area contributed by atoms with Crippen molar-refractivity contribution in [2.45, 2.75) is 30.5 Å². The Bertz CT molecular complexity index is 838. The molecule has 0 bridgehead atoms. The maximum Gasteiger partial charge on any atom is 0.338 e. The molecule has 1 aliphatic heterocycles. The predicted molar refractivity (Wildman–Crippen MR) is 95.5 cm³/mol. The molecule has 2 aliphatic rings. The van der Waals surface area contributed by atoms with Gasteiger partial charge < -0.3 is 20.5 Å². The number of hydrogen-bond donors (Lipinski definition) is 3. The number of carboxylic acids is 1. The fraction of sp³-hybridized carbons (Fsp3) is 0.389. The first-order valence-corrected chi connectivity index (χ1v) is 8.63. The SMILES string of the molecule is C=C[C@@H]1C[C@]1(NC(=O)[C@@H]1C[C@H](OC(=O)c2ccc([N+](=O)[O-])cc2)CN1)C(=O)O. The van der Waals surface area contributed by atoms with Crippen LogP contribution < -0.4 is 10.6 Å². The van der Waals surface area contributed by atoms with Crippen LogP contribution in [0, 0.1) is 16.0 Å². The largest absolute Gasteiger partial charge is 0.479 e. The van der Waals surface area contributed by atoms with Gasteiger partial charge in [0.15, 0.2) is 0 Å². The van der Waals surface area contributed by atoms with Gasteiger partial charge in [-0.05, 0) is 18.6 Å². The molecule has 28 heavy (non-hydrogen) atoms. The Morgan fingerprint density at radius 2 is 2.04 bits per heavy atom. The summed E-state index contributed by atoms with van der Waals surface area (Å²) in [5.41, 5.74) is -1.29. The highest BCUT2D eigenvalue weighted by atomic mass is 16.6. The van der Waals surface area contributed by atoms with Crippen LogP contribution in [-0.2, 0) is 14.3 Å². The van der Waals surface area contributed by atoms with Gasteiger partial charge in [-0.25, -0.2) is 9.59 Å². The first kappa shape index (κ1) is 19.5. The summed E-state index contributed by atoms with van der Waals surface area (Å²) in [6, 6.07) is 4.32. The maximum atomic E-state index is 12.4. The molecule has 1 saturated heterocycles. The van der Waals surface area contributed by atoms with E-state index in [1.807, 2.05) is 0 Å². The number of rotatable bonds is 7. The van der Waals surface area contributed by atoms with Crippen LogP contribution >= 0.6 is 0 Å². The van der Waals surface area contributed by atoms with Crippen molar-refractivity contribution in [3.8, 4) is 0 Å². The van der Waals surface area contributed by atoms with E-state index in [1.54, 1.807) is 0 Å². The Balaban J connectivity index is 1.54. The second-order valence-electron chi connectivity index (χ2n) is 6.84. The molecule has 2 fully saturated rings. The number of amides is 1. The maximum absolute atomic E-state index is 12.4. The monoisotopic (exact) mass is 389 g/mol. The highest BCUT2D eigenvalue weighted by Crippen LogP contribution is 2.44. The van der Waals surface area contributed by atoms with Gasteiger partial charge in [0.1, 0.15) is 11.6 Å². The number of nitro groups is 1. The van der Waals surface area contributed by atoms with E-state index in [2.05, 4.69) is 17.2 Å². The third-order valence-corrected chi connectivity index (χ3v) is 5.02. The lowest BCUT2D eigenvalue weighted by Crippen LogP contribution is -2.51. The van der Waals surface area contributed by atoms with Crippen molar-refractivity contribution >= 4 is 23.5 Å². The molecule has 10 nitrogen and oxygen atoms in total. The van der Waals surface area contributed by atoms with E-state index in [1.165, 1.54) is 30.3 Å². The van der Waals surface area contributed by atoms with Crippen molar-refractivity contribution in [3.63, 3.8) is 0 Å². The zero-order chi connectivity index (χ0) is 20.5. The Morgan fingerprint density at radius 1 is 1.36 bits per heavy atom. The molecule has 0 spiro atoms. The molecule has 1 heterocycles. The standard InChI is InChI=1S/C18H19N3O7/c1-2-11-8-18(11,17(24)25)20-15(22)14-7-13(9-19-14)28-16(23)10-3-5-12(6-4-10)21(26)27/h2-6,11,13-14,19H,1,7-9H2,(H,20,22)(H,24,25)/t11-,13+,14+,18-/m1/s1. The zero-order valence-electron chi connectivity index (χ0n) is 14.8. The fourth-order valence-corrected chi connectivity index (χ4v) is 3.25. The molecule has 10 heteroatoms. The average Bonchev–Trinajstić information content (AvgIpc) is 3.19. The quantitative estimate of drug-likeness (QED) is 0.266. The van der Waals surface area contributed by atoms with E-state index < -0.39 is 40.5 Å². The van der Waals surface area contributed by atoms with Crippen LogP contribution in [0.5, 0.6) is 0 Å². The van der Waals surface area contributed by atoms with Gasteiger partial charge in [-0.15, -0.1) is 6.58 Å². The van der Waals surface area contributed by atoms with Gasteiger partial charge in [-0.2, -0.15) is 0 Å². The Morgan fingerprint density at radius 3 is 2.57 bits per heavy atom. The summed E-state index contributed by atoms with van der Waals surface area (Å²) < 4.78 is 5.33. The van der Waals surface area contributed by atoms with Gasteiger partial charge in [0, 0.05) is 31.0 Å². The Hall–Kier alpha value is -3.27. The minimum Gasteiger partial charge on any atom is -0.479 e. The van der Waals surface area contributed by atoms with Crippen LogP contribution in [0.2, 0.25) is 0 Å². The van der Waals surface area contributed by atoms with E-state index in [4.69, 9.17) is 4.74 Å². The highest BCUT2D eigenvalue weighted by Gasteiger charge is 2.60. The van der Waals surface area contributed by atoms with Crippen LogP contribution in [0.3, 0.4) is 0 Å². The zero-order valence-corrected chi connectivity index (χ0v) is 14.8. The van der Waals surface area contributed by atoms with Gasteiger partial charge in [-0.3, -0.25) is 14.9 Å². The lowest BCUT2D eigenvalue weighted by molar-refractivity contribution is -0.384. The van der Waals surface area contributed by atoms with Gasteiger partial charge in [0.25, 0.3) is 5.69 Å². The number of non-ortho nitro benzene ring substituents is 1. The third-order valence-electron chi connectivity index (χ3n) is 5.02. The van der Waals surface area contributed by atoms with Gasteiger partial charge >= 0.3 is 11.9 Å². The van der Waals surface area contributed by atoms with Crippen LogP contribution in [0.15, 0.2) is 36.9 Å². The second-order valence-corrected chi connectivity index (χ2v) is 6.84. The molecule has 0 radical (unpaired) electrons. The summed E-state index contributed by atoms with van der Waals surface area (Å²) >= 11 is 0. The molecule has 3 rings (SSSR count). The Kier molecular flexibility index (Phi) is 5.14. The smallest absolute Gasteiger partial charge is 0.338 e. The molecular weight excluding hydrogens is 370 g/mol. The molecule has 1 saturated carbocycles. The number of nitro benzene ring substituents is 1. The van der Waals surface area contributed by atoms with E-state index >= 15 is 0 Å². The number of hydrogen-bond acceptors (Lipinski definition) is 7. The molecule has 0 unspecified atom stereocenters. The molecule has 148 valence electrons. The van der Waals surface area contributed by atoms with Gasteiger partial charge in [-0.1, -0.05) is 6.08 Å². The lowest BCUT2D eigenvalue weighted by atomic mass is 10.1. The van der Waals surface area contributed by atoms with E-state index in [-0.39, 0.29) is 30.1 Å². The van der Waals surface area contributed by atoms with Crippen LogP contribution in [-0.4, -0.2) is 52.1 Å². The van der Waals surface area contributed by atoms with Crippen LogP contribution in [0.1, 0.15) is 23.2 Å². The number of carboxylic acid groups (broad SMARTS) is 1. The summed E-state index contributed by atoms with van der Waals surface area (Å²) in [6.45, 7) is 3.81. The first-order chi connectivity index (χ1) is 13.3.